The lowest BCUT2D eigenvalue weighted by Crippen LogP contribution is -2.49. The molecule has 114 valence electrons. The highest BCUT2D eigenvalue weighted by atomic mass is 16.4. The highest BCUT2D eigenvalue weighted by Gasteiger charge is 2.32. The zero-order valence-corrected chi connectivity index (χ0v) is 12.5. The molecule has 1 aliphatic heterocycles. The van der Waals surface area contributed by atoms with Crippen molar-refractivity contribution in [1.82, 2.24) is 5.32 Å². The van der Waals surface area contributed by atoms with Crippen LogP contribution >= 0.6 is 0 Å². The summed E-state index contributed by atoms with van der Waals surface area (Å²) in [7, 11) is 0. The lowest BCUT2D eigenvalue weighted by atomic mass is 9.93. The van der Waals surface area contributed by atoms with E-state index in [4.69, 9.17) is 0 Å². The molecule has 1 heterocycles. The van der Waals surface area contributed by atoms with E-state index in [1.54, 1.807) is 4.90 Å². The van der Waals surface area contributed by atoms with Crippen LogP contribution in [0.5, 0.6) is 0 Å². The van der Waals surface area contributed by atoms with E-state index in [0.717, 1.165) is 24.1 Å². The number of para-hydroxylation sites is 1. The molecule has 1 aromatic carbocycles. The van der Waals surface area contributed by atoms with E-state index >= 15 is 0 Å². The maximum atomic E-state index is 12.4. The number of rotatable bonds is 4. The maximum Gasteiger partial charge on any atom is 0.322 e. The second-order valence-electron chi connectivity index (χ2n) is 5.62. The number of carbonyl (C=O) groups excluding carboxylic acids is 1. The van der Waals surface area contributed by atoms with Crippen molar-refractivity contribution in [2.75, 3.05) is 11.4 Å². The van der Waals surface area contributed by atoms with Crippen molar-refractivity contribution in [3.8, 4) is 0 Å². The average molecular weight is 290 g/mol. The molecule has 2 amide bonds. The third-order valence-corrected chi connectivity index (χ3v) is 3.84. The number of fused-ring (bicyclic) bond motifs is 1. The van der Waals surface area contributed by atoms with E-state index in [1.165, 1.54) is 0 Å². The average Bonchev–Trinajstić information content (AvgIpc) is 2.46. The van der Waals surface area contributed by atoms with Crippen LogP contribution in [0.25, 0.3) is 0 Å². The number of hydrogen-bond donors (Lipinski definition) is 2. The lowest BCUT2D eigenvalue weighted by Gasteiger charge is -2.33. The number of carbonyl (C=O) groups is 2. The fourth-order valence-electron chi connectivity index (χ4n) is 2.75. The molecular weight excluding hydrogens is 268 g/mol. The number of anilines is 1. The third-order valence-electron chi connectivity index (χ3n) is 3.84. The third kappa shape index (κ3) is 3.54. The summed E-state index contributed by atoms with van der Waals surface area (Å²) in [5.74, 6) is -1.41. The lowest BCUT2D eigenvalue weighted by molar-refractivity contribution is -0.141. The molecule has 1 aliphatic rings. The van der Waals surface area contributed by atoms with Gasteiger partial charge in [0.2, 0.25) is 0 Å². The fourth-order valence-corrected chi connectivity index (χ4v) is 2.75. The van der Waals surface area contributed by atoms with Crippen molar-refractivity contribution in [3.05, 3.63) is 29.8 Å². The van der Waals surface area contributed by atoms with Gasteiger partial charge in [-0.2, -0.15) is 0 Å². The Morgan fingerprint density at radius 2 is 2.14 bits per heavy atom. The van der Waals surface area contributed by atoms with Crippen LogP contribution in [-0.4, -0.2) is 29.7 Å². The van der Waals surface area contributed by atoms with Crippen LogP contribution in [0, 0.1) is 5.92 Å². The number of carboxylic acid groups (broad SMARTS) is 1. The maximum absolute atomic E-state index is 12.4. The van der Waals surface area contributed by atoms with Crippen LogP contribution in [0.3, 0.4) is 0 Å². The summed E-state index contributed by atoms with van der Waals surface area (Å²) in [6.45, 7) is 4.25. The van der Waals surface area contributed by atoms with Gasteiger partial charge in [-0.1, -0.05) is 31.5 Å². The first-order chi connectivity index (χ1) is 10.0. The van der Waals surface area contributed by atoms with Gasteiger partial charge in [0, 0.05) is 18.3 Å². The number of nitrogens with zero attached hydrogens (tertiary/aromatic N) is 1. The zero-order chi connectivity index (χ0) is 15.4. The second-order valence-corrected chi connectivity index (χ2v) is 5.62. The Kier molecular flexibility index (Phi) is 4.83. The zero-order valence-electron chi connectivity index (χ0n) is 12.5. The van der Waals surface area contributed by atoms with Gasteiger partial charge < -0.3 is 10.4 Å². The molecule has 0 aliphatic carbocycles. The van der Waals surface area contributed by atoms with Gasteiger partial charge in [0.05, 0.1) is 5.92 Å². The van der Waals surface area contributed by atoms with Gasteiger partial charge in [-0.05, 0) is 31.4 Å². The summed E-state index contributed by atoms with van der Waals surface area (Å²) < 4.78 is 0. The molecule has 2 rings (SSSR count). The van der Waals surface area contributed by atoms with Gasteiger partial charge in [-0.3, -0.25) is 9.69 Å². The molecule has 2 N–H and O–H groups in total. The minimum atomic E-state index is -0.857. The summed E-state index contributed by atoms with van der Waals surface area (Å²) in [6, 6.07) is 7.38. The smallest absolute Gasteiger partial charge is 0.322 e. The minimum Gasteiger partial charge on any atom is -0.481 e. The number of nitrogens with one attached hydrogen (secondary N) is 1. The van der Waals surface area contributed by atoms with E-state index in [9.17, 15) is 14.7 Å². The molecular formula is C16H22N2O3. The molecule has 5 nitrogen and oxygen atoms in total. The standard InChI is InChI=1S/C16H22N2O3/c1-3-6-11(2)17-16(21)18-10-13(15(19)20)9-12-7-4-5-8-14(12)18/h4-5,7-8,11,13H,3,6,9-10H2,1-2H3,(H,17,21)(H,19,20). The predicted molar refractivity (Wildman–Crippen MR) is 81.5 cm³/mol. The predicted octanol–water partition coefficient (Wildman–Crippen LogP) is 2.65. The topological polar surface area (TPSA) is 69.6 Å². The molecule has 5 heteroatoms. The van der Waals surface area contributed by atoms with Gasteiger partial charge in [0.25, 0.3) is 0 Å². The van der Waals surface area contributed by atoms with Crippen LogP contribution in [0.2, 0.25) is 0 Å². The van der Waals surface area contributed by atoms with E-state index in [2.05, 4.69) is 12.2 Å². The Balaban J connectivity index is 2.20. The second kappa shape index (κ2) is 6.61. The Morgan fingerprint density at radius 3 is 2.81 bits per heavy atom. The van der Waals surface area contributed by atoms with Crippen molar-refractivity contribution < 1.29 is 14.7 Å². The first-order valence-corrected chi connectivity index (χ1v) is 7.41. The number of hydrogen-bond acceptors (Lipinski definition) is 2. The Morgan fingerprint density at radius 1 is 1.43 bits per heavy atom. The number of urea groups is 1. The van der Waals surface area contributed by atoms with E-state index in [0.29, 0.717) is 6.42 Å². The largest absolute Gasteiger partial charge is 0.481 e. The van der Waals surface area contributed by atoms with Crippen LogP contribution in [-0.2, 0) is 11.2 Å². The summed E-state index contributed by atoms with van der Waals surface area (Å²) in [5.41, 5.74) is 1.73. The molecule has 2 unspecified atom stereocenters. The number of carboxylic acids is 1. The molecule has 0 spiro atoms. The van der Waals surface area contributed by atoms with Crippen LogP contribution in [0.4, 0.5) is 10.5 Å². The Labute approximate surface area is 125 Å². The monoisotopic (exact) mass is 290 g/mol. The van der Waals surface area contributed by atoms with Crippen molar-refractivity contribution in [2.45, 2.75) is 39.2 Å². The van der Waals surface area contributed by atoms with E-state index in [-0.39, 0.29) is 18.6 Å². The molecule has 2 atom stereocenters. The summed E-state index contributed by atoms with van der Waals surface area (Å²) in [4.78, 5) is 25.3. The summed E-state index contributed by atoms with van der Waals surface area (Å²) in [5, 5.41) is 12.2. The number of amides is 2. The highest BCUT2D eigenvalue weighted by molar-refractivity contribution is 5.94. The minimum absolute atomic E-state index is 0.0832. The SMILES string of the molecule is CCCC(C)NC(=O)N1CC(C(=O)O)Cc2ccccc21. The Hall–Kier alpha value is -2.04. The van der Waals surface area contributed by atoms with E-state index in [1.807, 2.05) is 31.2 Å². The van der Waals surface area contributed by atoms with Crippen molar-refractivity contribution in [3.63, 3.8) is 0 Å². The summed E-state index contributed by atoms with van der Waals surface area (Å²) in [6.07, 6.45) is 2.37. The molecule has 0 saturated carbocycles. The van der Waals surface area contributed by atoms with Crippen molar-refractivity contribution in [1.29, 1.82) is 0 Å². The molecule has 0 fully saturated rings. The normalized spacial score (nSPS) is 18.8. The van der Waals surface area contributed by atoms with Crippen LogP contribution < -0.4 is 10.2 Å². The quantitative estimate of drug-likeness (QED) is 0.895. The summed E-state index contributed by atoms with van der Waals surface area (Å²) >= 11 is 0. The van der Waals surface area contributed by atoms with Gasteiger partial charge in [-0.25, -0.2) is 4.79 Å². The first kappa shape index (κ1) is 15.4. The van der Waals surface area contributed by atoms with E-state index < -0.39 is 11.9 Å². The number of benzene rings is 1. The van der Waals surface area contributed by atoms with Gasteiger partial charge in [0.15, 0.2) is 0 Å². The molecule has 0 bridgehead atoms. The molecule has 1 aromatic rings. The molecule has 0 radical (unpaired) electrons. The molecule has 0 saturated heterocycles. The number of aliphatic carboxylic acids is 1. The van der Waals surface area contributed by atoms with Crippen molar-refractivity contribution in [2.24, 2.45) is 5.92 Å². The van der Waals surface area contributed by atoms with Crippen LogP contribution in [0.15, 0.2) is 24.3 Å². The fraction of sp³-hybridized carbons (Fsp3) is 0.500. The molecule has 0 aromatic heterocycles. The molecule has 21 heavy (non-hydrogen) atoms. The Bertz CT molecular complexity index is 530. The van der Waals surface area contributed by atoms with Crippen LogP contribution in [0.1, 0.15) is 32.3 Å². The first-order valence-electron chi connectivity index (χ1n) is 7.41. The van der Waals surface area contributed by atoms with Gasteiger partial charge in [-0.15, -0.1) is 0 Å². The van der Waals surface area contributed by atoms with Gasteiger partial charge in [0.1, 0.15) is 0 Å². The van der Waals surface area contributed by atoms with Crippen molar-refractivity contribution >= 4 is 17.7 Å². The van der Waals surface area contributed by atoms with Gasteiger partial charge >= 0.3 is 12.0 Å². The highest BCUT2D eigenvalue weighted by Crippen LogP contribution is 2.29.